The second-order valence-corrected chi connectivity index (χ2v) is 14.7. The van der Waals surface area contributed by atoms with Gasteiger partial charge in [-0.1, -0.05) is 43.9 Å². The van der Waals surface area contributed by atoms with Crippen molar-refractivity contribution in [3.8, 4) is 16.9 Å². The van der Waals surface area contributed by atoms with Gasteiger partial charge in [-0.3, -0.25) is 9.59 Å². The molecule has 0 atom stereocenters. The maximum atomic E-state index is 13.3. The summed E-state index contributed by atoms with van der Waals surface area (Å²) in [6.45, 7) is 7.66. The van der Waals surface area contributed by atoms with Crippen LogP contribution in [0.4, 0.5) is 29.5 Å². The van der Waals surface area contributed by atoms with Crippen molar-refractivity contribution < 1.29 is 37.0 Å². The average Bonchev–Trinajstić information content (AvgIpc) is 3.70. The molecule has 0 fully saturated rings. The number of anilines is 2. The normalized spacial score (nSPS) is 12.8. The minimum Gasteiger partial charge on any atom is -0.444 e. The summed E-state index contributed by atoms with van der Waals surface area (Å²) in [6.07, 6.45) is 5.70. The summed E-state index contributed by atoms with van der Waals surface area (Å²) < 4.78 is 49.3. The zero-order chi connectivity index (χ0) is 39.6. The van der Waals surface area contributed by atoms with E-state index in [0.717, 1.165) is 66.3 Å². The van der Waals surface area contributed by atoms with E-state index in [1.54, 1.807) is 11.0 Å². The lowest BCUT2D eigenvalue weighted by Gasteiger charge is -2.19. The fraction of sp³-hybridized carbons (Fsp3) is 0.475. The number of hydrogen-bond acceptors (Lipinski definition) is 8. The lowest BCUT2D eigenvalue weighted by atomic mass is 10.0. The molecular weight excluding hydrogens is 715 g/mol. The van der Waals surface area contributed by atoms with E-state index in [1.165, 1.54) is 24.5 Å². The first-order valence-electron chi connectivity index (χ1n) is 18.8. The number of alkyl halides is 3. The molecule has 0 spiro atoms. The molecule has 0 saturated carbocycles. The zero-order valence-corrected chi connectivity index (χ0v) is 31.6. The van der Waals surface area contributed by atoms with Crippen LogP contribution in [0.5, 0.6) is 5.75 Å². The Morgan fingerprint density at radius 3 is 2.42 bits per heavy atom. The number of ether oxygens (including phenoxy) is 2. The summed E-state index contributed by atoms with van der Waals surface area (Å²) in [5.41, 5.74) is 10.4. The van der Waals surface area contributed by atoms with Gasteiger partial charge in [0.15, 0.2) is 0 Å². The Morgan fingerprint density at radius 2 is 1.65 bits per heavy atom. The van der Waals surface area contributed by atoms with Gasteiger partial charge in [-0.25, -0.2) is 14.8 Å². The van der Waals surface area contributed by atoms with Gasteiger partial charge in [0, 0.05) is 50.0 Å². The van der Waals surface area contributed by atoms with Crippen LogP contribution in [0.15, 0.2) is 55.0 Å². The molecular formula is C40H50F3N7O5. The van der Waals surface area contributed by atoms with Gasteiger partial charge >= 0.3 is 12.5 Å². The number of nitrogens with one attached hydrogen (secondary N) is 2. The van der Waals surface area contributed by atoms with Gasteiger partial charge in [-0.15, -0.1) is 13.2 Å². The fourth-order valence-corrected chi connectivity index (χ4v) is 6.68. The third-order valence-corrected chi connectivity index (χ3v) is 9.15. The summed E-state index contributed by atoms with van der Waals surface area (Å²) >= 11 is 0. The molecule has 1 aliphatic heterocycles. The molecule has 15 heteroatoms. The Bertz CT molecular complexity index is 1960. The van der Waals surface area contributed by atoms with Crippen molar-refractivity contribution in [2.75, 3.05) is 30.3 Å². The van der Waals surface area contributed by atoms with Gasteiger partial charge in [-0.2, -0.15) is 0 Å². The Labute approximate surface area is 319 Å². The van der Waals surface area contributed by atoms with E-state index in [0.29, 0.717) is 62.5 Å². The van der Waals surface area contributed by atoms with Gasteiger partial charge in [0.2, 0.25) is 11.8 Å². The molecule has 5 rings (SSSR count). The molecule has 0 radical (unpaired) electrons. The number of halogens is 3. The van der Waals surface area contributed by atoms with Crippen molar-refractivity contribution in [2.24, 2.45) is 0 Å². The molecule has 2 aromatic heterocycles. The van der Waals surface area contributed by atoms with Crippen molar-refractivity contribution in [3.63, 3.8) is 0 Å². The maximum Gasteiger partial charge on any atom is 0.573 e. The number of alkyl carbamates (subject to hydrolysis) is 1. The Balaban J connectivity index is 1.08. The highest BCUT2D eigenvalue weighted by atomic mass is 19.4. The summed E-state index contributed by atoms with van der Waals surface area (Å²) in [6, 6.07) is 11.3. The van der Waals surface area contributed by atoms with Crippen LogP contribution in [0.2, 0.25) is 0 Å². The number of fused-ring (bicyclic) bond motifs is 2. The van der Waals surface area contributed by atoms with E-state index in [9.17, 15) is 27.6 Å². The summed E-state index contributed by atoms with van der Waals surface area (Å²) in [4.78, 5) is 47.8. The zero-order valence-electron chi connectivity index (χ0n) is 31.6. The number of aromatic nitrogens is 3. The smallest absolute Gasteiger partial charge is 0.444 e. The molecule has 12 nitrogen and oxygen atoms in total. The number of aryl methyl sites for hydroxylation is 1. The number of nitrogens with zero attached hydrogens (tertiary/aromatic N) is 4. The first kappa shape index (κ1) is 40.8. The minimum atomic E-state index is -4.82. The standard InChI is InChI=1S/C40H50F3N7O5/c1-39(2,3)55-38(53)46-18-9-7-5-4-6-8-14-33(51)45-19-11-20-49-25-31(35-36(44)47-26-48-37(35)49)28-15-16-32-29(24-28)17-21-50(32)34(52)23-27-12-10-13-30(22-27)54-40(41,42)43/h10,12-13,15-16,22,24-26H,4-9,11,14,17-21,23H2,1-3H3,(H,45,51)(H,46,53)(H2,44,47,48). The van der Waals surface area contributed by atoms with Crippen LogP contribution in [0.25, 0.3) is 22.2 Å². The number of amides is 3. The molecule has 0 saturated heterocycles. The Kier molecular flexibility index (Phi) is 13.6. The molecule has 296 valence electrons. The second-order valence-electron chi connectivity index (χ2n) is 14.7. The van der Waals surface area contributed by atoms with Gasteiger partial charge < -0.3 is 35.3 Å². The van der Waals surface area contributed by atoms with Crippen molar-refractivity contribution in [2.45, 2.75) is 103 Å². The van der Waals surface area contributed by atoms with Crippen LogP contribution in [-0.4, -0.2) is 64.0 Å². The van der Waals surface area contributed by atoms with E-state index in [1.807, 2.05) is 49.7 Å². The quantitative estimate of drug-likeness (QED) is 0.0936. The predicted octanol–water partition coefficient (Wildman–Crippen LogP) is 7.47. The molecule has 4 aromatic rings. The van der Waals surface area contributed by atoms with Gasteiger partial charge in [0.05, 0.1) is 11.8 Å². The first-order valence-corrected chi connectivity index (χ1v) is 18.8. The van der Waals surface area contributed by atoms with Crippen LogP contribution in [0.1, 0.15) is 83.3 Å². The number of hydrogen-bond donors (Lipinski definition) is 3. The number of nitrogens with two attached hydrogens (primary N) is 1. The molecule has 0 unspecified atom stereocenters. The van der Waals surface area contributed by atoms with E-state index in [4.69, 9.17) is 10.5 Å². The summed E-state index contributed by atoms with van der Waals surface area (Å²) in [5.74, 6) is -0.218. The fourth-order valence-electron chi connectivity index (χ4n) is 6.68. The minimum absolute atomic E-state index is 0.0286. The van der Waals surface area contributed by atoms with Crippen molar-refractivity contribution in [3.05, 3.63) is 66.1 Å². The molecule has 3 heterocycles. The Morgan fingerprint density at radius 1 is 0.909 bits per heavy atom. The number of carbonyl (C=O) groups excluding carboxylic acids is 3. The lowest BCUT2D eigenvalue weighted by molar-refractivity contribution is -0.274. The molecule has 0 aliphatic carbocycles. The van der Waals surface area contributed by atoms with E-state index < -0.39 is 18.1 Å². The third kappa shape index (κ3) is 12.1. The van der Waals surface area contributed by atoms with E-state index >= 15 is 0 Å². The van der Waals surface area contributed by atoms with Crippen LogP contribution in [0.3, 0.4) is 0 Å². The topological polar surface area (TPSA) is 154 Å². The largest absolute Gasteiger partial charge is 0.573 e. The monoisotopic (exact) mass is 765 g/mol. The lowest BCUT2D eigenvalue weighted by Crippen LogP contribution is -2.32. The van der Waals surface area contributed by atoms with E-state index in [-0.39, 0.29) is 24.0 Å². The number of benzene rings is 2. The molecule has 3 amide bonds. The van der Waals surface area contributed by atoms with Crippen LogP contribution < -0.4 is 26.0 Å². The Hall–Kier alpha value is -5.34. The summed E-state index contributed by atoms with van der Waals surface area (Å²) in [5, 5.41) is 6.51. The van der Waals surface area contributed by atoms with E-state index in [2.05, 4.69) is 25.3 Å². The number of carbonyl (C=O) groups is 3. The van der Waals surface area contributed by atoms with Crippen LogP contribution in [-0.2, 0) is 33.7 Å². The highest BCUT2D eigenvalue weighted by molar-refractivity contribution is 6.02. The molecule has 55 heavy (non-hydrogen) atoms. The highest BCUT2D eigenvalue weighted by Crippen LogP contribution is 2.37. The van der Waals surface area contributed by atoms with Crippen LogP contribution in [0, 0.1) is 0 Å². The number of nitrogen functional groups attached to an aromatic ring is 1. The SMILES string of the molecule is CC(C)(C)OC(=O)NCCCCCCCCC(=O)NCCCn1cc(-c2ccc3c(c2)CCN3C(=O)Cc2cccc(OC(F)(F)F)c2)c2c(N)ncnc21. The predicted molar refractivity (Wildman–Crippen MR) is 204 cm³/mol. The third-order valence-electron chi connectivity index (χ3n) is 9.15. The van der Waals surface area contributed by atoms with Crippen LogP contribution >= 0.6 is 0 Å². The molecule has 2 aromatic carbocycles. The summed E-state index contributed by atoms with van der Waals surface area (Å²) in [7, 11) is 0. The maximum absolute atomic E-state index is 13.3. The van der Waals surface area contributed by atoms with Gasteiger partial charge in [-0.05, 0) is 87.4 Å². The average molecular weight is 766 g/mol. The number of unbranched alkanes of at least 4 members (excludes halogenated alkanes) is 5. The van der Waals surface area contributed by atoms with Gasteiger partial charge in [0.25, 0.3) is 0 Å². The molecule has 4 N–H and O–H groups in total. The molecule has 0 bridgehead atoms. The first-order chi connectivity index (χ1) is 26.2. The highest BCUT2D eigenvalue weighted by Gasteiger charge is 2.31. The van der Waals surface area contributed by atoms with Gasteiger partial charge in [0.1, 0.15) is 29.1 Å². The van der Waals surface area contributed by atoms with Crippen molar-refractivity contribution >= 4 is 40.4 Å². The van der Waals surface area contributed by atoms with Crippen molar-refractivity contribution in [1.29, 1.82) is 0 Å². The molecule has 1 aliphatic rings. The number of rotatable bonds is 17. The second kappa shape index (κ2) is 18.3. The van der Waals surface area contributed by atoms with Crippen molar-refractivity contribution in [1.82, 2.24) is 25.2 Å².